The van der Waals surface area contributed by atoms with Gasteiger partial charge in [-0.1, -0.05) is 6.07 Å². The van der Waals surface area contributed by atoms with Crippen LogP contribution in [0.25, 0.3) is 5.65 Å². The lowest BCUT2D eigenvalue weighted by molar-refractivity contribution is 0.0673. The maximum Gasteiger partial charge on any atom is 0.136 e. The number of nitrogens with zero attached hydrogens (tertiary/aromatic N) is 2. The molecule has 0 spiro atoms. The Morgan fingerprint density at radius 3 is 3.21 bits per heavy atom. The zero-order chi connectivity index (χ0) is 13.3. The number of pyridine rings is 1. The molecule has 4 nitrogen and oxygen atoms in total. The number of rotatable bonds is 4. The molecular weight excluding hydrogens is 258 g/mol. The van der Waals surface area contributed by atoms with Gasteiger partial charge in [-0.2, -0.15) is 11.8 Å². The molecule has 19 heavy (non-hydrogen) atoms. The Balaban J connectivity index is 1.67. The van der Waals surface area contributed by atoms with E-state index in [-0.39, 0.29) is 0 Å². The second kappa shape index (κ2) is 5.15. The molecule has 1 unspecified atom stereocenters. The quantitative estimate of drug-likeness (QED) is 0.891. The van der Waals surface area contributed by atoms with Gasteiger partial charge in [0.15, 0.2) is 0 Å². The first-order chi connectivity index (χ1) is 9.16. The highest BCUT2D eigenvalue weighted by atomic mass is 32.2. The van der Waals surface area contributed by atoms with E-state index in [0.29, 0.717) is 6.54 Å². The van der Waals surface area contributed by atoms with Gasteiger partial charge in [0.1, 0.15) is 5.65 Å². The summed E-state index contributed by atoms with van der Waals surface area (Å²) in [5.41, 5.74) is 2.80. The molecule has 1 aliphatic rings. The summed E-state index contributed by atoms with van der Waals surface area (Å²) >= 11 is 1.83. The molecular formula is C14H19N3OS. The summed E-state index contributed by atoms with van der Waals surface area (Å²) in [6, 6.07) is 4.10. The largest absolute Gasteiger partial charge is 0.388 e. The zero-order valence-corrected chi connectivity index (χ0v) is 11.9. The SMILES string of the molecule is Cc1ccc2ncc(CNCC3(O)CCSC3)n2c1. The van der Waals surface area contributed by atoms with Crippen molar-refractivity contribution in [2.24, 2.45) is 0 Å². The summed E-state index contributed by atoms with van der Waals surface area (Å²) in [6.45, 7) is 3.46. The van der Waals surface area contributed by atoms with Gasteiger partial charge < -0.3 is 14.8 Å². The Bertz CT molecular complexity index is 575. The van der Waals surface area contributed by atoms with E-state index in [1.165, 1.54) is 5.56 Å². The van der Waals surface area contributed by atoms with Gasteiger partial charge in [-0.05, 0) is 30.7 Å². The van der Waals surface area contributed by atoms with Crippen LogP contribution in [-0.4, -0.2) is 38.1 Å². The standard InChI is InChI=1S/C14H19N3OS/c1-11-2-3-13-16-7-12(17(13)8-11)6-15-9-14(18)4-5-19-10-14/h2-3,7-8,15,18H,4-6,9-10H2,1H3. The Labute approximate surface area is 117 Å². The fourth-order valence-electron chi connectivity index (χ4n) is 2.43. The molecule has 1 atom stereocenters. The fourth-order valence-corrected chi connectivity index (χ4v) is 3.72. The smallest absolute Gasteiger partial charge is 0.136 e. The van der Waals surface area contributed by atoms with Crippen LogP contribution in [0.3, 0.4) is 0 Å². The van der Waals surface area contributed by atoms with E-state index in [1.54, 1.807) is 0 Å². The predicted octanol–water partition coefficient (Wildman–Crippen LogP) is 1.60. The number of aromatic nitrogens is 2. The first-order valence-electron chi connectivity index (χ1n) is 6.60. The molecule has 5 heteroatoms. The van der Waals surface area contributed by atoms with Crippen molar-refractivity contribution in [3.63, 3.8) is 0 Å². The van der Waals surface area contributed by atoms with Crippen molar-refractivity contribution in [3.05, 3.63) is 35.8 Å². The molecule has 0 bridgehead atoms. The van der Waals surface area contributed by atoms with Gasteiger partial charge >= 0.3 is 0 Å². The second-order valence-corrected chi connectivity index (χ2v) is 6.42. The molecule has 2 aromatic rings. The molecule has 3 heterocycles. The lowest BCUT2D eigenvalue weighted by atomic mass is 10.0. The first kappa shape index (κ1) is 13.0. The van der Waals surface area contributed by atoms with Crippen LogP contribution in [0.5, 0.6) is 0 Å². The molecule has 0 saturated carbocycles. The van der Waals surface area contributed by atoms with Crippen LogP contribution >= 0.6 is 11.8 Å². The highest BCUT2D eigenvalue weighted by Gasteiger charge is 2.31. The Morgan fingerprint density at radius 1 is 1.53 bits per heavy atom. The van der Waals surface area contributed by atoms with Crippen molar-refractivity contribution in [2.45, 2.75) is 25.5 Å². The average Bonchev–Trinajstić information content (AvgIpc) is 2.97. The minimum Gasteiger partial charge on any atom is -0.388 e. The number of aryl methyl sites for hydroxylation is 1. The number of fused-ring (bicyclic) bond motifs is 1. The molecule has 0 radical (unpaired) electrons. The molecule has 1 fully saturated rings. The van der Waals surface area contributed by atoms with Crippen molar-refractivity contribution < 1.29 is 5.11 Å². The first-order valence-corrected chi connectivity index (χ1v) is 7.75. The molecule has 0 amide bonds. The lowest BCUT2D eigenvalue weighted by Crippen LogP contribution is -2.40. The van der Waals surface area contributed by atoms with Crippen molar-refractivity contribution >= 4 is 17.4 Å². The van der Waals surface area contributed by atoms with Gasteiger partial charge in [-0.25, -0.2) is 4.98 Å². The lowest BCUT2D eigenvalue weighted by Gasteiger charge is -2.21. The number of hydrogen-bond donors (Lipinski definition) is 2. The van der Waals surface area contributed by atoms with Crippen LogP contribution in [0.15, 0.2) is 24.5 Å². The summed E-state index contributed by atoms with van der Waals surface area (Å²) in [6.07, 6.45) is 4.88. The summed E-state index contributed by atoms with van der Waals surface area (Å²) in [5.74, 6) is 1.90. The van der Waals surface area contributed by atoms with Crippen molar-refractivity contribution in [1.82, 2.24) is 14.7 Å². The monoisotopic (exact) mass is 277 g/mol. The number of nitrogens with one attached hydrogen (secondary N) is 1. The topological polar surface area (TPSA) is 49.6 Å². The Morgan fingerprint density at radius 2 is 2.42 bits per heavy atom. The Hall–Kier alpha value is -1.04. The molecule has 2 aromatic heterocycles. The maximum atomic E-state index is 10.3. The van der Waals surface area contributed by atoms with Gasteiger partial charge in [0.25, 0.3) is 0 Å². The summed E-state index contributed by atoms with van der Waals surface area (Å²) in [4.78, 5) is 4.38. The van der Waals surface area contributed by atoms with Gasteiger partial charge in [0, 0.05) is 25.0 Å². The van der Waals surface area contributed by atoms with Crippen molar-refractivity contribution in [1.29, 1.82) is 0 Å². The number of thioether (sulfide) groups is 1. The van der Waals surface area contributed by atoms with E-state index in [2.05, 4.69) is 33.9 Å². The van der Waals surface area contributed by atoms with Gasteiger partial charge in [-0.3, -0.25) is 0 Å². The van der Waals surface area contributed by atoms with Crippen LogP contribution in [-0.2, 0) is 6.54 Å². The molecule has 1 saturated heterocycles. The highest BCUT2D eigenvalue weighted by molar-refractivity contribution is 7.99. The van der Waals surface area contributed by atoms with E-state index < -0.39 is 5.60 Å². The van der Waals surface area contributed by atoms with E-state index in [4.69, 9.17) is 0 Å². The molecule has 0 aromatic carbocycles. The minimum atomic E-state index is -0.527. The third-order valence-electron chi connectivity index (χ3n) is 3.57. The Kier molecular flexibility index (Phi) is 3.52. The third-order valence-corrected chi connectivity index (χ3v) is 4.81. The van der Waals surface area contributed by atoms with Crippen LogP contribution < -0.4 is 5.32 Å². The summed E-state index contributed by atoms with van der Waals surface area (Å²) < 4.78 is 2.11. The minimum absolute atomic E-state index is 0.527. The van der Waals surface area contributed by atoms with Crippen molar-refractivity contribution in [2.75, 3.05) is 18.1 Å². The summed E-state index contributed by atoms with van der Waals surface area (Å²) in [7, 11) is 0. The normalized spacial score (nSPS) is 23.3. The molecule has 2 N–H and O–H groups in total. The van der Waals surface area contributed by atoms with Crippen LogP contribution in [0.4, 0.5) is 0 Å². The predicted molar refractivity (Wildman–Crippen MR) is 78.5 cm³/mol. The molecule has 0 aliphatic carbocycles. The molecule has 102 valence electrons. The van der Waals surface area contributed by atoms with Gasteiger partial charge in [-0.15, -0.1) is 0 Å². The van der Waals surface area contributed by atoms with Crippen LogP contribution in [0, 0.1) is 6.92 Å². The fraction of sp³-hybridized carbons (Fsp3) is 0.500. The molecule has 3 rings (SSSR count). The maximum absolute atomic E-state index is 10.3. The third kappa shape index (κ3) is 2.78. The van der Waals surface area contributed by atoms with E-state index >= 15 is 0 Å². The van der Waals surface area contributed by atoms with E-state index in [1.807, 2.05) is 24.0 Å². The number of aliphatic hydroxyl groups is 1. The van der Waals surface area contributed by atoms with Gasteiger partial charge in [0.05, 0.1) is 17.5 Å². The van der Waals surface area contributed by atoms with Crippen molar-refractivity contribution in [3.8, 4) is 0 Å². The number of imidazole rings is 1. The molecule has 1 aliphatic heterocycles. The van der Waals surface area contributed by atoms with Gasteiger partial charge in [0.2, 0.25) is 0 Å². The van der Waals surface area contributed by atoms with E-state index in [9.17, 15) is 5.11 Å². The summed E-state index contributed by atoms with van der Waals surface area (Å²) in [5, 5.41) is 13.6. The number of hydrogen-bond acceptors (Lipinski definition) is 4. The zero-order valence-electron chi connectivity index (χ0n) is 11.1. The highest BCUT2D eigenvalue weighted by Crippen LogP contribution is 2.27. The second-order valence-electron chi connectivity index (χ2n) is 5.31. The van der Waals surface area contributed by atoms with E-state index in [0.717, 1.165) is 35.8 Å². The van der Waals surface area contributed by atoms with Crippen LogP contribution in [0.1, 0.15) is 17.7 Å². The van der Waals surface area contributed by atoms with Crippen LogP contribution in [0.2, 0.25) is 0 Å². The average molecular weight is 277 g/mol.